The minimum atomic E-state index is -3.00. The smallest absolute Gasteiger partial charge is 0.160 e. The summed E-state index contributed by atoms with van der Waals surface area (Å²) in [6.45, 7) is 1.60. The fourth-order valence-electron chi connectivity index (χ4n) is 0.331. The summed E-state index contributed by atoms with van der Waals surface area (Å²) in [7, 11) is -3.00. The monoisotopic (exact) mass is 165 g/mol. The first kappa shape index (κ1) is 9.58. The van der Waals surface area contributed by atoms with Gasteiger partial charge >= 0.3 is 0 Å². The van der Waals surface area contributed by atoms with Gasteiger partial charge in [0.15, 0.2) is 9.84 Å². The maximum absolute atomic E-state index is 10.5. The van der Waals surface area contributed by atoms with Crippen molar-refractivity contribution in [1.29, 1.82) is 0 Å². The molecule has 0 aromatic rings. The first-order chi connectivity index (χ1) is 4.45. The summed E-state index contributed by atoms with van der Waals surface area (Å²) in [5, 5.41) is 2.52. The molecule has 0 spiro atoms. The van der Waals surface area contributed by atoms with Crippen molar-refractivity contribution in [2.24, 2.45) is 0 Å². The summed E-state index contributed by atoms with van der Waals surface area (Å²) < 4.78 is 20.9. The predicted octanol–water partition coefficient (Wildman–Crippen LogP) is -0.834. The van der Waals surface area contributed by atoms with E-state index in [1.807, 2.05) is 0 Å². The third-order valence-electron chi connectivity index (χ3n) is 0.872. The van der Waals surface area contributed by atoms with E-state index in [0.29, 0.717) is 6.29 Å². The lowest BCUT2D eigenvalue weighted by Gasteiger charge is -2.03. The quantitative estimate of drug-likeness (QED) is 0.552. The Morgan fingerprint density at radius 2 is 2.10 bits per heavy atom. The average molecular weight is 165 g/mol. The molecule has 0 bridgehead atoms. The Hall–Kier alpha value is -0.420. The highest BCUT2D eigenvalue weighted by atomic mass is 32.2. The van der Waals surface area contributed by atoms with Gasteiger partial charge in [-0.15, -0.1) is 0 Å². The predicted molar refractivity (Wildman–Crippen MR) is 38.4 cm³/mol. The third kappa shape index (κ3) is 5.71. The van der Waals surface area contributed by atoms with Crippen LogP contribution in [0.15, 0.2) is 0 Å². The largest absolute Gasteiger partial charge is 0.302 e. The van der Waals surface area contributed by atoms with E-state index < -0.39 is 15.9 Å². The number of rotatable bonds is 4. The highest BCUT2D eigenvalue weighted by Crippen LogP contribution is 1.79. The molecule has 0 saturated carbocycles. The fourth-order valence-corrected chi connectivity index (χ4v) is 0.897. The summed E-state index contributed by atoms with van der Waals surface area (Å²) in [6, 6.07) is -0.394. The molecular weight excluding hydrogens is 154 g/mol. The van der Waals surface area contributed by atoms with Crippen molar-refractivity contribution < 1.29 is 13.2 Å². The summed E-state index contributed by atoms with van der Waals surface area (Å²) in [4.78, 5) is 9.96. The van der Waals surface area contributed by atoms with E-state index in [1.54, 1.807) is 6.92 Å². The van der Waals surface area contributed by atoms with Crippen LogP contribution in [0.1, 0.15) is 6.92 Å². The lowest BCUT2D eigenvalue weighted by atomic mass is 10.4. The van der Waals surface area contributed by atoms with Gasteiger partial charge in [0.1, 0.15) is 6.29 Å². The second kappa shape index (κ2) is 3.68. The molecule has 0 aliphatic heterocycles. The van der Waals surface area contributed by atoms with Crippen molar-refractivity contribution in [3.05, 3.63) is 0 Å². The number of hydrogen-bond donors (Lipinski definition) is 1. The normalized spacial score (nSPS) is 14.6. The number of carbonyl (C=O) groups is 1. The number of nitrogens with one attached hydrogen (secondary N) is 1. The second-order valence-electron chi connectivity index (χ2n) is 2.20. The van der Waals surface area contributed by atoms with Gasteiger partial charge in [0.05, 0.1) is 11.9 Å². The number of carbonyl (C=O) groups excluding carboxylic acids is 1. The lowest BCUT2D eigenvalue weighted by molar-refractivity contribution is -0.109. The molecule has 0 fully saturated rings. The van der Waals surface area contributed by atoms with E-state index in [9.17, 15) is 13.2 Å². The molecule has 0 heterocycles. The zero-order chi connectivity index (χ0) is 8.20. The number of aldehydes is 1. The first-order valence-electron chi connectivity index (χ1n) is 2.82. The topological polar surface area (TPSA) is 63.2 Å². The summed E-state index contributed by atoms with van der Waals surface area (Å²) >= 11 is 0. The molecule has 0 aromatic heterocycles. The molecule has 0 unspecified atom stereocenters. The first-order valence-corrected chi connectivity index (χ1v) is 4.88. The minimum absolute atomic E-state index is 0.146. The molecule has 0 radical (unpaired) electrons. The molecule has 0 amide bonds. The average Bonchev–Trinajstić information content (AvgIpc) is 1.81. The van der Waals surface area contributed by atoms with Crippen LogP contribution in [-0.4, -0.2) is 32.9 Å². The van der Waals surface area contributed by atoms with Crippen molar-refractivity contribution in [2.45, 2.75) is 13.0 Å². The second-order valence-corrected chi connectivity index (χ2v) is 4.34. The van der Waals surface area contributed by atoms with E-state index >= 15 is 0 Å². The Kier molecular flexibility index (Phi) is 3.52. The highest BCUT2D eigenvalue weighted by molar-refractivity contribution is 7.90. The van der Waals surface area contributed by atoms with E-state index in [0.717, 1.165) is 6.26 Å². The number of sulfone groups is 1. The van der Waals surface area contributed by atoms with Gasteiger partial charge in [-0.2, -0.15) is 0 Å². The Bertz CT molecular complexity index is 197. The Balaban J connectivity index is 3.66. The third-order valence-corrected chi connectivity index (χ3v) is 1.56. The van der Waals surface area contributed by atoms with Crippen LogP contribution in [0.4, 0.5) is 0 Å². The lowest BCUT2D eigenvalue weighted by Crippen LogP contribution is -2.31. The van der Waals surface area contributed by atoms with Crippen LogP contribution in [-0.2, 0) is 14.6 Å². The highest BCUT2D eigenvalue weighted by Gasteiger charge is 2.03. The zero-order valence-corrected chi connectivity index (χ0v) is 6.81. The molecule has 10 heavy (non-hydrogen) atoms. The van der Waals surface area contributed by atoms with E-state index in [-0.39, 0.29) is 5.88 Å². The number of hydrogen-bond acceptors (Lipinski definition) is 4. The maximum atomic E-state index is 10.5. The van der Waals surface area contributed by atoms with Crippen molar-refractivity contribution in [2.75, 3.05) is 12.1 Å². The molecule has 4 nitrogen and oxygen atoms in total. The van der Waals surface area contributed by atoms with Crippen LogP contribution in [0.25, 0.3) is 0 Å². The maximum Gasteiger partial charge on any atom is 0.160 e. The molecule has 1 N–H and O–H groups in total. The SMILES string of the molecule is C[C@@H](C=O)NCS(C)(=O)=O. The van der Waals surface area contributed by atoms with Crippen molar-refractivity contribution >= 4 is 16.1 Å². The van der Waals surface area contributed by atoms with E-state index in [4.69, 9.17) is 0 Å². The molecule has 0 aliphatic rings. The van der Waals surface area contributed by atoms with Crippen LogP contribution in [0.5, 0.6) is 0 Å². The Morgan fingerprint density at radius 3 is 2.40 bits per heavy atom. The molecule has 60 valence electrons. The van der Waals surface area contributed by atoms with Gasteiger partial charge in [-0.05, 0) is 6.92 Å². The molecule has 1 atom stereocenters. The van der Waals surface area contributed by atoms with Crippen molar-refractivity contribution in [3.8, 4) is 0 Å². The van der Waals surface area contributed by atoms with Gasteiger partial charge in [-0.1, -0.05) is 0 Å². The standard InChI is InChI=1S/C5H11NO3S/c1-5(3-7)6-4-10(2,8)9/h3,5-6H,4H2,1-2H3/t5-/m0/s1. The van der Waals surface area contributed by atoms with E-state index in [2.05, 4.69) is 5.32 Å². The molecule has 0 rings (SSSR count). The van der Waals surface area contributed by atoms with Crippen LogP contribution in [0.2, 0.25) is 0 Å². The Morgan fingerprint density at radius 1 is 1.60 bits per heavy atom. The summed E-state index contributed by atoms with van der Waals surface area (Å²) in [5.74, 6) is -0.146. The fraction of sp³-hybridized carbons (Fsp3) is 0.800. The molecular formula is C5H11NO3S. The molecule has 0 aromatic carbocycles. The van der Waals surface area contributed by atoms with Gasteiger partial charge in [0.25, 0.3) is 0 Å². The van der Waals surface area contributed by atoms with Crippen molar-refractivity contribution in [3.63, 3.8) is 0 Å². The van der Waals surface area contributed by atoms with Crippen molar-refractivity contribution in [1.82, 2.24) is 5.32 Å². The summed E-state index contributed by atoms with van der Waals surface area (Å²) in [5.41, 5.74) is 0. The Labute approximate surface area is 60.5 Å². The van der Waals surface area contributed by atoms with Gasteiger partial charge in [-0.3, -0.25) is 5.32 Å². The van der Waals surface area contributed by atoms with Crippen LogP contribution in [0, 0.1) is 0 Å². The van der Waals surface area contributed by atoms with Crippen LogP contribution < -0.4 is 5.32 Å². The van der Waals surface area contributed by atoms with Gasteiger partial charge in [0, 0.05) is 6.26 Å². The molecule has 0 saturated heterocycles. The molecule has 0 aliphatic carbocycles. The summed E-state index contributed by atoms with van der Waals surface area (Å²) in [6.07, 6.45) is 1.77. The van der Waals surface area contributed by atoms with Crippen LogP contribution >= 0.6 is 0 Å². The van der Waals surface area contributed by atoms with E-state index in [1.165, 1.54) is 0 Å². The van der Waals surface area contributed by atoms with Gasteiger partial charge in [0.2, 0.25) is 0 Å². The van der Waals surface area contributed by atoms with Gasteiger partial charge in [-0.25, -0.2) is 8.42 Å². The van der Waals surface area contributed by atoms with Crippen LogP contribution in [0.3, 0.4) is 0 Å². The van der Waals surface area contributed by atoms with Gasteiger partial charge < -0.3 is 4.79 Å². The molecule has 5 heteroatoms. The zero-order valence-electron chi connectivity index (χ0n) is 5.99. The minimum Gasteiger partial charge on any atom is -0.302 e.